The summed E-state index contributed by atoms with van der Waals surface area (Å²) in [4.78, 5) is 16.1. The van der Waals surface area contributed by atoms with Crippen LogP contribution in [-0.2, 0) is 9.53 Å². The Hall–Kier alpha value is -1.62. The van der Waals surface area contributed by atoms with Crippen LogP contribution in [0.2, 0.25) is 0 Å². The second-order valence-corrected chi connectivity index (χ2v) is 4.83. The van der Waals surface area contributed by atoms with Gasteiger partial charge in [0.15, 0.2) is 10.8 Å². The molecule has 2 heterocycles. The van der Waals surface area contributed by atoms with Crippen molar-refractivity contribution in [1.82, 2.24) is 4.98 Å². The Morgan fingerprint density at radius 3 is 2.89 bits per heavy atom. The van der Waals surface area contributed by atoms with Gasteiger partial charge in [0.2, 0.25) is 0 Å². The normalized spacial score (nSPS) is 12.4. The van der Waals surface area contributed by atoms with Crippen molar-refractivity contribution in [2.75, 3.05) is 7.11 Å². The maximum atomic E-state index is 11.6. The number of aryl methyl sites for hydroxylation is 1. The standard InChI is InChI=1S/C13H15NO3S/c1-4-9(13(15)16-3)10-7-18-12(14-10)11-6-5-8(2)17-11/h5-7,9H,4H2,1-3H3. The van der Waals surface area contributed by atoms with Crippen LogP contribution in [0, 0.1) is 6.92 Å². The molecule has 0 saturated carbocycles. The second kappa shape index (κ2) is 5.35. The van der Waals surface area contributed by atoms with E-state index in [1.54, 1.807) is 0 Å². The van der Waals surface area contributed by atoms with Gasteiger partial charge in [0, 0.05) is 5.38 Å². The Morgan fingerprint density at radius 1 is 1.56 bits per heavy atom. The fourth-order valence-corrected chi connectivity index (χ4v) is 2.58. The van der Waals surface area contributed by atoms with E-state index in [-0.39, 0.29) is 11.9 Å². The SMILES string of the molecule is CCC(C(=O)OC)c1csc(-c2ccc(C)o2)n1. The van der Waals surface area contributed by atoms with Crippen molar-refractivity contribution in [3.63, 3.8) is 0 Å². The number of hydrogen-bond donors (Lipinski definition) is 0. The fraction of sp³-hybridized carbons (Fsp3) is 0.385. The van der Waals surface area contributed by atoms with Crippen molar-refractivity contribution < 1.29 is 13.9 Å². The van der Waals surface area contributed by atoms with Crippen LogP contribution in [0.3, 0.4) is 0 Å². The predicted molar refractivity (Wildman–Crippen MR) is 69.6 cm³/mol. The van der Waals surface area contributed by atoms with E-state index < -0.39 is 0 Å². The Labute approximate surface area is 110 Å². The molecule has 0 amide bonds. The molecule has 2 rings (SSSR count). The summed E-state index contributed by atoms with van der Waals surface area (Å²) in [5.41, 5.74) is 0.749. The predicted octanol–water partition coefficient (Wildman–Crippen LogP) is 3.38. The lowest BCUT2D eigenvalue weighted by atomic mass is 10.0. The topological polar surface area (TPSA) is 52.3 Å². The van der Waals surface area contributed by atoms with Crippen LogP contribution in [0.1, 0.15) is 30.7 Å². The molecule has 1 unspecified atom stereocenters. The number of thiazole rings is 1. The monoisotopic (exact) mass is 265 g/mol. The van der Waals surface area contributed by atoms with Gasteiger partial charge in [-0.15, -0.1) is 11.3 Å². The van der Waals surface area contributed by atoms with E-state index in [2.05, 4.69) is 4.98 Å². The molecule has 0 fully saturated rings. The number of carbonyl (C=O) groups excluding carboxylic acids is 1. The maximum absolute atomic E-state index is 11.6. The molecule has 96 valence electrons. The van der Waals surface area contributed by atoms with Crippen LogP contribution in [-0.4, -0.2) is 18.1 Å². The van der Waals surface area contributed by atoms with Crippen LogP contribution < -0.4 is 0 Å². The number of aromatic nitrogens is 1. The number of rotatable bonds is 4. The molecule has 0 aliphatic carbocycles. The molecular formula is C13H15NO3S. The van der Waals surface area contributed by atoms with Gasteiger partial charge in [-0.05, 0) is 25.5 Å². The number of nitrogens with zero attached hydrogens (tertiary/aromatic N) is 1. The lowest BCUT2D eigenvalue weighted by Gasteiger charge is -2.08. The molecule has 0 bridgehead atoms. The third-order valence-corrected chi connectivity index (χ3v) is 3.60. The van der Waals surface area contributed by atoms with Crippen LogP contribution in [0.25, 0.3) is 10.8 Å². The molecule has 0 saturated heterocycles. The minimum atomic E-state index is -0.295. The number of ether oxygens (including phenoxy) is 1. The molecule has 0 aromatic carbocycles. The van der Waals surface area contributed by atoms with E-state index in [0.29, 0.717) is 6.42 Å². The van der Waals surface area contributed by atoms with Crippen molar-refractivity contribution in [3.8, 4) is 10.8 Å². The number of methoxy groups -OCH3 is 1. The Kier molecular flexibility index (Phi) is 3.81. The van der Waals surface area contributed by atoms with E-state index >= 15 is 0 Å². The lowest BCUT2D eigenvalue weighted by Crippen LogP contribution is -2.13. The minimum absolute atomic E-state index is 0.245. The first-order chi connectivity index (χ1) is 8.65. The molecule has 0 spiro atoms. The van der Waals surface area contributed by atoms with Gasteiger partial charge in [0.25, 0.3) is 0 Å². The first-order valence-corrected chi connectivity index (χ1v) is 6.63. The number of carbonyl (C=O) groups is 1. The summed E-state index contributed by atoms with van der Waals surface area (Å²) in [6, 6.07) is 3.78. The van der Waals surface area contributed by atoms with E-state index in [0.717, 1.165) is 22.2 Å². The average molecular weight is 265 g/mol. The highest BCUT2D eigenvalue weighted by Crippen LogP contribution is 2.29. The van der Waals surface area contributed by atoms with Crippen molar-refractivity contribution in [2.24, 2.45) is 0 Å². The summed E-state index contributed by atoms with van der Waals surface area (Å²) >= 11 is 1.47. The molecular weight excluding hydrogens is 250 g/mol. The molecule has 0 radical (unpaired) electrons. The van der Waals surface area contributed by atoms with Crippen LogP contribution >= 0.6 is 11.3 Å². The highest BCUT2D eigenvalue weighted by molar-refractivity contribution is 7.13. The van der Waals surface area contributed by atoms with Gasteiger partial charge in [-0.25, -0.2) is 4.98 Å². The third kappa shape index (κ3) is 2.46. The molecule has 2 aromatic rings. The van der Waals surface area contributed by atoms with Gasteiger partial charge in [-0.3, -0.25) is 4.79 Å². The molecule has 0 N–H and O–H groups in total. The molecule has 5 heteroatoms. The molecule has 0 aliphatic rings. The maximum Gasteiger partial charge on any atom is 0.314 e. The lowest BCUT2D eigenvalue weighted by molar-refractivity contribution is -0.142. The first kappa shape index (κ1) is 12.8. The third-order valence-electron chi connectivity index (χ3n) is 2.72. The average Bonchev–Trinajstić information content (AvgIpc) is 2.98. The molecule has 4 nitrogen and oxygen atoms in total. The summed E-state index contributed by atoms with van der Waals surface area (Å²) in [6.45, 7) is 3.83. The summed E-state index contributed by atoms with van der Waals surface area (Å²) < 4.78 is 10.3. The smallest absolute Gasteiger partial charge is 0.314 e. The van der Waals surface area contributed by atoms with Gasteiger partial charge in [0.1, 0.15) is 5.76 Å². The van der Waals surface area contributed by atoms with E-state index in [1.807, 2.05) is 31.4 Å². The Balaban J connectivity index is 2.27. The Bertz CT molecular complexity index is 544. The van der Waals surface area contributed by atoms with E-state index in [4.69, 9.17) is 9.15 Å². The summed E-state index contributed by atoms with van der Waals surface area (Å²) in [6.07, 6.45) is 0.674. The van der Waals surface area contributed by atoms with Gasteiger partial charge in [-0.1, -0.05) is 6.92 Å². The van der Waals surface area contributed by atoms with Gasteiger partial charge in [-0.2, -0.15) is 0 Å². The van der Waals surface area contributed by atoms with Crippen molar-refractivity contribution in [2.45, 2.75) is 26.2 Å². The number of hydrogen-bond acceptors (Lipinski definition) is 5. The van der Waals surface area contributed by atoms with Gasteiger partial charge < -0.3 is 9.15 Å². The highest BCUT2D eigenvalue weighted by atomic mass is 32.1. The number of furan rings is 1. The minimum Gasteiger partial charge on any atom is -0.469 e. The largest absolute Gasteiger partial charge is 0.469 e. The van der Waals surface area contributed by atoms with Crippen molar-refractivity contribution >= 4 is 17.3 Å². The van der Waals surface area contributed by atoms with Gasteiger partial charge in [0.05, 0.1) is 18.7 Å². The highest BCUT2D eigenvalue weighted by Gasteiger charge is 2.22. The van der Waals surface area contributed by atoms with Crippen molar-refractivity contribution in [3.05, 3.63) is 29.0 Å². The zero-order chi connectivity index (χ0) is 13.1. The van der Waals surface area contributed by atoms with Crippen molar-refractivity contribution in [1.29, 1.82) is 0 Å². The van der Waals surface area contributed by atoms with E-state index in [1.165, 1.54) is 18.4 Å². The van der Waals surface area contributed by atoms with Crippen LogP contribution in [0.5, 0.6) is 0 Å². The zero-order valence-corrected chi connectivity index (χ0v) is 11.4. The molecule has 2 aromatic heterocycles. The summed E-state index contributed by atoms with van der Waals surface area (Å²) in [5, 5.41) is 2.68. The van der Waals surface area contributed by atoms with E-state index in [9.17, 15) is 4.79 Å². The molecule has 1 atom stereocenters. The number of esters is 1. The van der Waals surface area contributed by atoms with Crippen LogP contribution in [0.15, 0.2) is 21.9 Å². The second-order valence-electron chi connectivity index (χ2n) is 3.97. The summed E-state index contributed by atoms with van der Waals surface area (Å²) in [7, 11) is 1.40. The molecule has 0 aliphatic heterocycles. The Morgan fingerprint density at radius 2 is 2.33 bits per heavy atom. The quantitative estimate of drug-likeness (QED) is 0.795. The van der Waals surface area contributed by atoms with Crippen LogP contribution in [0.4, 0.5) is 0 Å². The molecule has 18 heavy (non-hydrogen) atoms. The van der Waals surface area contributed by atoms with Gasteiger partial charge >= 0.3 is 5.97 Å². The summed E-state index contributed by atoms with van der Waals surface area (Å²) in [5.74, 6) is 1.05. The zero-order valence-electron chi connectivity index (χ0n) is 10.6. The first-order valence-electron chi connectivity index (χ1n) is 5.75. The fourth-order valence-electron chi connectivity index (χ4n) is 1.75.